The Morgan fingerprint density at radius 3 is 1.29 bits per heavy atom. The van der Waals surface area contributed by atoms with E-state index in [9.17, 15) is 20.2 Å². The third-order valence-electron chi connectivity index (χ3n) is 4.61. The lowest BCUT2D eigenvalue weighted by Crippen LogP contribution is -2.14. The van der Waals surface area contributed by atoms with Crippen LogP contribution in [0.1, 0.15) is 0 Å². The molecular formula is C22H30N4O9. The predicted molar refractivity (Wildman–Crippen MR) is 129 cm³/mol. The van der Waals surface area contributed by atoms with Crippen LogP contribution in [0.25, 0.3) is 0 Å². The van der Waals surface area contributed by atoms with Crippen LogP contribution in [-0.4, -0.2) is 76.8 Å². The van der Waals surface area contributed by atoms with Crippen molar-refractivity contribution in [2.24, 2.45) is 0 Å². The molecule has 0 aliphatic heterocycles. The maximum atomic E-state index is 10.9. The quantitative estimate of drug-likeness (QED) is 0.178. The van der Waals surface area contributed by atoms with E-state index in [0.717, 1.165) is 0 Å². The molecule has 0 bridgehead atoms. The summed E-state index contributed by atoms with van der Waals surface area (Å²) in [6.45, 7) is 2.54. The second kappa shape index (κ2) is 15.3. The number of rotatable bonds is 18. The zero-order valence-electron chi connectivity index (χ0n) is 19.7. The van der Waals surface area contributed by atoms with Crippen molar-refractivity contribution in [2.45, 2.75) is 0 Å². The van der Waals surface area contributed by atoms with E-state index in [2.05, 4.69) is 10.6 Å². The van der Waals surface area contributed by atoms with Crippen molar-refractivity contribution in [1.29, 1.82) is 0 Å². The number of anilines is 2. The molecule has 0 aromatic heterocycles. The van der Waals surface area contributed by atoms with Crippen LogP contribution in [0, 0.1) is 20.2 Å². The number of benzene rings is 2. The summed E-state index contributed by atoms with van der Waals surface area (Å²) < 4.78 is 27.4. The molecule has 2 rings (SSSR count). The number of nitrogens with one attached hydrogen (secondary N) is 2. The number of hydrogen-bond acceptors (Lipinski definition) is 11. The van der Waals surface area contributed by atoms with Gasteiger partial charge in [-0.3, -0.25) is 20.2 Å². The third kappa shape index (κ3) is 9.60. The number of nitro groups is 2. The Labute approximate surface area is 202 Å². The standard InChI is InChI=1S/C22H30N4O9/c1-23-19-5-3-17(25(27)28)15-21(19)34-13-11-32-9-7-31-8-10-33-12-14-35-22-16-18(26(29)30)4-6-20(22)24-2/h3-6,15-16,23-24H,7-14H2,1-2H3. The van der Waals surface area contributed by atoms with Crippen LogP contribution in [0.5, 0.6) is 11.5 Å². The zero-order chi connectivity index (χ0) is 25.5. The summed E-state index contributed by atoms with van der Waals surface area (Å²) in [4.78, 5) is 20.8. The summed E-state index contributed by atoms with van der Waals surface area (Å²) in [6, 6.07) is 8.71. The van der Waals surface area contributed by atoms with Gasteiger partial charge in [-0.2, -0.15) is 0 Å². The molecule has 0 fully saturated rings. The van der Waals surface area contributed by atoms with Gasteiger partial charge in [0.15, 0.2) is 0 Å². The van der Waals surface area contributed by atoms with E-state index in [4.69, 9.17) is 23.7 Å². The highest BCUT2D eigenvalue weighted by Gasteiger charge is 2.12. The first-order valence-corrected chi connectivity index (χ1v) is 10.9. The van der Waals surface area contributed by atoms with Crippen molar-refractivity contribution in [3.05, 3.63) is 56.6 Å². The van der Waals surface area contributed by atoms with Crippen LogP contribution < -0.4 is 20.1 Å². The van der Waals surface area contributed by atoms with E-state index in [-0.39, 0.29) is 24.6 Å². The second-order valence-corrected chi connectivity index (χ2v) is 6.91. The van der Waals surface area contributed by atoms with Gasteiger partial charge in [-0.15, -0.1) is 0 Å². The molecule has 0 aliphatic carbocycles. The monoisotopic (exact) mass is 494 g/mol. The highest BCUT2D eigenvalue weighted by Crippen LogP contribution is 2.29. The number of non-ortho nitro benzene ring substituents is 2. The number of ether oxygens (including phenoxy) is 5. The molecule has 2 aromatic carbocycles. The maximum Gasteiger partial charge on any atom is 0.273 e. The van der Waals surface area contributed by atoms with Gasteiger partial charge in [0.05, 0.1) is 73.0 Å². The largest absolute Gasteiger partial charge is 0.489 e. The molecule has 2 N–H and O–H groups in total. The van der Waals surface area contributed by atoms with Crippen molar-refractivity contribution in [1.82, 2.24) is 0 Å². The Kier molecular flexibility index (Phi) is 12.0. The van der Waals surface area contributed by atoms with E-state index < -0.39 is 9.85 Å². The number of hydrogen-bond donors (Lipinski definition) is 2. The number of nitro benzene ring substituents is 2. The van der Waals surface area contributed by atoms with Crippen LogP contribution in [0.2, 0.25) is 0 Å². The smallest absolute Gasteiger partial charge is 0.273 e. The Bertz CT molecular complexity index is 883. The summed E-state index contributed by atoms with van der Waals surface area (Å²) in [5.74, 6) is 0.769. The van der Waals surface area contributed by atoms with Crippen molar-refractivity contribution in [2.75, 3.05) is 77.6 Å². The van der Waals surface area contributed by atoms with Crippen molar-refractivity contribution in [3.8, 4) is 11.5 Å². The van der Waals surface area contributed by atoms with Gasteiger partial charge >= 0.3 is 0 Å². The van der Waals surface area contributed by atoms with Gasteiger partial charge in [-0.05, 0) is 12.1 Å². The normalized spacial score (nSPS) is 10.6. The summed E-state index contributed by atoms with van der Waals surface area (Å²) in [6.07, 6.45) is 0. The van der Waals surface area contributed by atoms with Gasteiger partial charge < -0.3 is 34.3 Å². The Morgan fingerprint density at radius 1 is 0.629 bits per heavy atom. The fraction of sp³-hybridized carbons (Fsp3) is 0.455. The summed E-state index contributed by atoms with van der Waals surface area (Å²) >= 11 is 0. The van der Waals surface area contributed by atoms with E-state index >= 15 is 0 Å². The SMILES string of the molecule is CNc1ccc([N+](=O)[O-])cc1OCCOCCOCCOCCOc1cc([N+](=O)[O-])ccc1NC. The molecule has 35 heavy (non-hydrogen) atoms. The Morgan fingerprint density at radius 2 is 0.971 bits per heavy atom. The topological polar surface area (TPSA) is 156 Å². The first kappa shape index (κ1) is 27.6. The van der Waals surface area contributed by atoms with Crippen LogP contribution in [0.15, 0.2) is 36.4 Å². The first-order chi connectivity index (χ1) is 17.0. The molecule has 0 unspecified atom stereocenters. The zero-order valence-corrected chi connectivity index (χ0v) is 19.7. The first-order valence-electron chi connectivity index (χ1n) is 10.9. The molecule has 192 valence electrons. The van der Waals surface area contributed by atoms with Crippen LogP contribution >= 0.6 is 0 Å². The lowest BCUT2D eigenvalue weighted by atomic mass is 10.2. The molecule has 2 aromatic rings. The molecule has 0 radical (unpaired) electrons. The predicted octanol–water partition coefficient (Wildman–Crippen LogP) is 3.09. The number of nitrogens with zero attached hydrogens (tertiary/aromatic N) is 2. The summed E-state index contributed by atoms with van der Waals surface area (Å²) in [5.41, 5.74) is 1.21. The Balaban J connectivity index is 1.50. The van der Waals surface area contributed by atoms with E-state index in [1.54, 1.807) is 26.2 Å². The second-order valence-electron chi connectivity index (χ2n) is 6.91. The molecule has 0 aliphatic rings. The molecule has 0 atom stereocenters. The highest BCUT2D eigenvalue weighted by atomic mass is 16.6. The maximum absolute atomic E-state index is 10.9. The summed E-state index contributed by atoms with van der Waals surface area (Å²) in [5, 5.41) is 27.6. The molecular weight excluding hydrogens is 464 g/mol. The van der Waals surface area contributed by atoms with Crippen LogP contribution in [0.3, 0.4) is 0 Å². The molecule has 0 saturated carbocycles. The summed E-state index contributed by atoms with van der Waals surface area (Å²) in [7, 11) is 3.41. The van der Waals surface area contributed by atoms with E-state index in [0.29, 0.717) is 62.5 Å². The average molecular weight is 495 g/mol. The van der Waals surface area contributed by atoms with E-state index in [1.165, 1.54) is 24.3 Å². The van der Waals surface area contributed by atoms with Crippen molar-refractivity contribution < 1.29 is 33.5 Å². The van der Waals surface area contributed by atoms with Crippen molar-refractivity contribution in [3.63, 3.8) is 0 Å². The van der Waals surface area contributed by atoms with E-state index in [1.807, 2.05) is 0 Å². The van der Waals surface area contributed by atoms with Crippen molar-refractivity contribution >= 4 is 22.7 Å². The fourth-order valence-corrected chi connectivity index (χ4v) is 2.86. The highest BCUT2D eigenvalue weighted by molar-refractivity contribution is 5.61. The van der Waals surface area contributed by atoms with Gasteiger partial charge in [-0.25, -0.2) is 0 Å². The molecule has 0 amide bonds. The fourth-order valence-electron chi connectivity index (χ4n) is 2.86. The van der Waals surface area contributed by atoms with Crippen LogP contribution in [-0.2, 0) is 14.2 Å². The van der Waals surface area contributed by atoms with Gasteiger partial charge in [0.1, 0.15) is 24.7 Å². The molecule has 0 heterocycles. The van der Waals surface area contributed by atoms with Crippen LogP contribution in [0.4, 0.5) is 22.7 Å². The minimum atomic E-state index is -0.478. The van der Waals surface area contributed by atoms with Gasteiger partial charge in [0.25, 0.3) is 11.4 Å². The minimum absolute atomic E-state index is 0.0474. The van der Waals surface area contributed by atoms with Gasteiger partial charge in [0, 0.05) is 26.2 Å². The van der Waals surface area contributed by atoms with Gasteiger partial charge in [0.2, 0.25) is 0 Å². The lowest BCUT2D eigenvalue weighted by Gasteiger charge is -2.12. The average Bonchev–Trinajstić information content (AvgIpc) is 2.86. The molecule has 13 heteroatoms. The molecule has 0 saturated heterocycles. The minimum Gasteiger partial charge on any atom is -0.489 e. The Hall–Kier alpha value is -3.68. The lowest BCUT2D eigenvalue weighted by molar-refractivity contribution is -0.385. The third-order valence-corrected chi connectivity index (χ3v) is 4.61. The molecule has 0 spiro atoms. The van der Waals surface area contributed by atoms with Gasteiger partial charge in [-0.1, -0.05) is 0 Å². The molecule has 13 nitrogen and oxygen atoms in total.